The van der Waals surface area contributed by atoms with Crippen molar-refractivity contribution in [2.24, 2.45) is 40.4 Å². The maximum absolute atomic E-state index is 12.6. The van der Waals surface area contributed by atoms with Crippen LogP contribution < -0.4 is 5.32 Å². The second-order valence-electron chi connectivity index (χ2n) is 11.7. The summed E-state index contributed by atoms with van der Waals surface area (Å²) in [6.07, 6.45) is 15.0. The van der Waals surface area contributed by atoms with Crippen LogP contribution in [-0.4, -0.2) is 30.1 Å². The molecule has 162 valence electrons. The third kappa shape index (κ3) is 3.26. The minimum atomic E-state index is -0.179. The monoisotopic (exact) mass is 399 g/mol. The van der Waals surface area contributed by atoms with E-state index in [-0.39, 0.29) is 16.9 Å². The van der Waals surface area contributed by atoms with Crippen LogP contribution in [0, 0.1) is 40.4 Å². The summed E-state index contributed by atoms with van der Waals surface area (Å²) >= 11 is 0. The largest absolute Gasteiger partial charge is 0.393 e. The molecule has 3 heteroatoms. The third-order valence-corrected chi connectivity index (χ3v) is 10.5. The minimum absolute atomic E-state index is 0.0887. The van der Waals surface area contributed by atoms with Crippen molar-refractivity contribution >= 4 is 5.78 Å². The smallest absolute Gasteiger partial charge is 0.139 e. The summed E-state index contributed by atoms with van der Waals surface area (Å²) in [6.45, 7) is 7.10. The molecule has 4 fully saturated rings. The number of piperidine rings is 1. The van der Waals surface area contributed by atoms with E-state index in [0.717, 1.165) is 44.4 Å². The summed E-state index contributed by atoms with van der Waals surface area (Å²) < 4.78 is 0. The van der Waals surface area contributed by atoms with Gasteiger partial charge in [0.05, 0.1) is 6.10 Å². The van der Waals surface area contributed by atoms with E-state index in [2.05, 4.69) is 25.2 Å². The molecule has 3 saturated carbocycles. The van der Waals surface area contributed by atoms with Crippen LogP contribution in [-0.2, 0) is 4.79 Å². The Morgan fingerprint density at radius 2 is 1.90 bits per heavy atom. The number of Topliss-reactive ketones (excluding diaryl/α,β-unsaturated/α-hetero) is 1. The van der Waals surface area contributed by atoms with Crippen molar-refractivity contribution in [1.29, 1.82) is 0 Å². The number of hydrogen-bond acceptors (Lipinski definition) is 3. The Hall–Kier alpha value is -0.670. The molecule has 2 N–H and O–H groups in total. The normalized spacial score (nSPS) is 47.9. The van der Waals surface area contributed by atoms with Gasteiger partial charge >= 0.3 is 0 Å². The van der Waals surface area contributed by atoms with E-state index in [4.69, 9.17) is 0 Å². The van der Waals surface area contributed by atoms with Gasteiger partial charge in [-0.2, -0.15) is 0 Å². The summed E-state index contributed by atoms with van der Waals surface area (Å²) in [5.74, 6) is 3.60. The summed E-state index contributed by atoms with van der Waals surface area (Å²) in [7, 11) is 0. The highest BCUT2D eigenvalue weighted by molar-refractivity contribution is 5.87. The van der Waals surface area contributed by atoms with Crippen molar-refractivity contribution in [3.8, 4) is 0 Å². The van der Waals surface area contributed by atoms with E-state index in [1.165, 1.54) is 45.2 Å². The Balaban J connectivity index is 1.31. The lowest BCUT2D eigenvalue weighted by atomic mass is 9.45. The molecule has 3 nitrogen and oxygen atoms in total. The molecule has 1 aliphatic heterocycles. The molecule has 5 rings (SSSR count). The fraction of sp³-hybridized carbons (Fsp3) is 0.885. The average Bonchev–Trinajstić information content (AvgIpc) is 3.03. The van der Waals surface area contributed by atoms with E-state index >= 15 is 0 Å². The lowest BCUT2D eigenvalue weighted by Crippen LogP contribution is -2.56. The first-order valence-corrected chi connectivity index (χ1v) is 12.5. The number of carbonyl (C=O) groups is 1. The number of ketones is 1. The number of aliphatic hydroxyl groups excluding tert-OH is 1. The molecule has 0 spiro atoms. The zero-order valence-corrected chi connectivity index (χ0v) is 18.6. The fourth-order valence-corrected chi connectivity index (χ4v) is 8.53. The first kappa shape index (κ1) is 20.2. The van der Waals surface area contributed by atoms with Crippen molar-refractivity contribution < 1.29 is 9.90 Å². The van der Waals surface area contributed by atoms with Gasteiger partial charge in [0.15, 0.2) is 0 Å². The van der Waals surface area contributed by atoms with Gasteiger partial charge in [0.25, 0.3) is 0 Å². The van der Waals surface area contributed by atoms with E-state index in [9.17, 15) is 9.90 Å². The molecule has 0 bridgehead atoms. The highest BCUT2D eigenvalue weighted by atomic mass is 16.3. The Morgan fingerprint density at radius 1 is 1.10 bits per heavy atom. The second-order valence-corrected chi connectivity index (χ2v) is 11.7. The topological polar surface area (TPSA) is 49.3 Å². The SMILES string of the molecule is C[C@]12CC=C(CCC3CCNCC3)CC1[C@@H](O)C[C@@H]1[C@@H]2CC[C@]2(C)C(=O)CC[C@@H]12. The quantitative estimate of drug-likeness (QED) is 0.665. The minimum Gasteiger partial charge on any atom is -0.393 e. The van der Waals surface area contributed by atoms with Crippen LogP contribution in [0.3, 0.4) is 0 Å². The molecule has 0 radical (unpaired) electrons. The molecule has 0 amide bonds. The van der Waals surface area contributed by atoms with E-state index < -0.39 is 0 Å². The van der Waals surface area contributed by atoms with Crippen molar-refractivity contribution in [1.82, 2.24) is 5.32 Å². The van der Waals surface area contributed by atoms with E-state index in [1.807, 2.05) is 0 Å². The maximum Gasteiger partial charge on any atom is 0.139 e. The molecule has 1 saturated heterocycles. The average molecular weight is 400 g/mol. The van der Waals surface area contributed by atoms with E-state index in [0.29, 0.717) is 29.5 Å². The predicted octanol–water partition coefficient (Wildman–Crippen LogP) is 4.89. The van der Waals surface area contributed by atoms with Gasteiger partial charge in [0.2, 0.25) is 0 Å². The molecule has 7 atom stereocenters. The number of hydrogen-bond donors (Lipinski definition) is 2. The molecule has 5 aliphatic rings. The molecule has 0 aromatic heterocycles. The van der Waals surface area contributed by atoms with Gasteiger partial charge < -0.3 is 10.4 Å². The zero-order chi connectivity index (χ0) is 20.2. The van der Waals surface area contributed by atoms with Gasteiger partial charge in [-0.25, -0.2) is 0 Å². The van der Waals surface area contributed by atoms with Gasteiger partial charge in [-0.3, -0.25) is 4.79 Å². The number of allylic oxidation sites excluding steroid dienone is 2. The highest BCUT2D eigenvalue weighted by Gasteiger charge is 2.61. The molecular weight excluding hydrogens is 358 g/mol. The Kier molecular flexibility index (Phi) is 5.22. The summed E-state index contributed by atoms with van der Waals surface area (Å²) in [5.41, 5.74) is 1.77. The molecule has 1 unspecified atom stereocenters. The van der Waals surface area contributed by atoms with Crippen LogP contribution in [0.25, 0.3) is 0 Å². The number of carbonyl (C=O) groups excluding carboxylic acids is 1. The fourth-order valence-electron chi connectivity index (χ4n) is 8.53. The molecule has 0 aromatic rings. The Labute approximate surface area is 177 Å². The number of nitrogens with one attached hydrogen (secondary N) is 1. The predicted molar refractivity (Wildman–Crippen MR) is 116 cm³/mol. The zero-order valence-electron chi connectivity index (χ0n) is 18.6. The van der Waals surface area contributed by atoms with Crippen LogP contribution in [0.4, 0.5) is 0 Å². The van der Waals surface area contributed by atoms with Crippen molar-refractivity contribution in [2.45, 2.75) is 90.6 Å². The van der Waals surface area contributed by atoms with Crippen LogP contribution in [0.1, 0.15) is 84.5 Å². The van der Waals surface area contributed by atoms with Crippen molar-refractivity contribution in [3.05, 3.63) is 11.6 Å². The third-order valence-electron chi connectivity index (χ3n) is 10.5. The highest BCUT2D eigenvalue weighted by Crippen LogP contribution is 2.65. The van der Waals surface area contributed by atoms with Gasteiger partial charge in [-0.05, 0) is 112 Å². The molecule has 29 heavy (non-hydrogen) atoms. The molecule has 4 aliphatic carbocycles. The lowest BCUT2D eigenvalue weighted by molar-refractivity contribution is -0.151. The molecule has 1 heterocycles. The number of fused-ring (bicyclic) bond motifs is 5. The Bertz CT molecular complexity index is 680. The van der Waals surface area contributed by atoms with Gasteiger partial charge in [0.1, 0.15) is 5.78 Å². The van der Waals surface area contributed by atoms with Crippen molar-refractivity contribution in [2.75, 3.05) is 13.1 Å². The first-order chi connectivity index (χ1) is 13.9. The van der Waals surface area contributed by atoms with Crippen LogP contribution >= 0.6 is 0 Å². The Morgan fingerprint density at radius 3 is 2.69 bits per heavy atom. The lowest BCUT2D eigenvalue weighted by Gasteiger charge is -2.60. The number of rotatable bonds is 3. The van der Waals surface area contributed by atoms with Gasteiger partial charge in [0, 0.05) is 11.8 Å². The maximum atomic E-state index is 12.6. The molecular formula is C26H41NO2. The number of aliphatic hydroxyl groups is 1. The van der Waals surface area contributed by atoms with Gasteiger partial charge in [-0.15, -0.1) is 0 Å². The second kappa shape index (κ2) is 7.48. The summed E-state index contributed by atoms with van der Waals surface area (Å²) in [5, 5.41) is 14.8. The van der Waals surface area contributed by atoms with Crippen LogP contribution in [0.5, 0.6) is 0 Å². The summed E-state index contributed by atoms with van der Waals surface area (Å²) in [6, 6.07) is 0. The van der Waals surface area contributed by atoms with Crippen LogP contribution in [0.15, 0.2) is 11.6 Å². The van der Waals surface area contributed by atoms with Crippen LogP contribution in [0.2, 0.25) is 0 Å². The standard InChI is InChI=1S/C26H41NO2/c1-25-11-7-18(4-3-17-9-13-27-14-10-17)15-22(25)23(28)16-19-20-5-6-24(29)26(20,2)12-8-21(19)25/h7,17,19-23,27-28H,3-6,8-16H2,1-2H3/t19-,20-,21-,22?,23-,25+,26-/m0/s1. The first-order valence-electron chi connectivity index (χ1n) is 12.5. The molecule has 0 aromatic carbocycles. The van der Waals surface area contributed by atoms with Gasteiger partial charge in [-0.1, -0.05) is 25.5 Å². The van der Waals surface area contributed by atoms with Crippen molar-refractivity contribution in [3.63, 3.8) is 0 Å². The van der Waals surface area contributed by atoms with E-state index in [1.54, 1.807) is 5.57 Å². The summed E-state index contributed by atoms with van der Waals surface area (Å²) in [4.78, 5) is 12.6.